The second-order valence-electron chi connectivity index (χ2n) is 0. The van der Waals surface area contributed by atoms with E-state index in [1.165, 1.54) is 0 Å². The van der Waals surface area contributed by atoms with Gasteiger partial charge in [-0.3, -0.25) is 0 Å². The van der Waals surface area contributed by atoms with E-state index in [0.717, 1.165) is 0 Å². The van der Waals surface area contributed by atoms with Gasteiger partial charge in [0.2, 0.25) is 0 Å². The zero-order chi connectivity index (χ0) is 0. The van der Waals surface area contributed by atoms with Gasteiger partial charge in [0, 0.05) is 0 Å². The Morgan fingerprint density at radius 1 is 0.750 bits per heavy atom. The van der Waals surface area contributed by atoms with Gasteiger partial charge in [0.1, 0.15) is 0 Å². The average Bonchev–Trinajstić information content (AvgIpc) is 0. The third kappa shape index (κ3) is 8.87. The summed E-state index contributed by atoms with van der Waals surface area (Å²) in [4.78, 5) is 0. The molecule has 0 aromatic heterocycles. The molecule has 0 fully saturated rings. The molecule has 0 aliphatic rings. The fourth-order valence-electron chi connectivity index (χ4n) is 0. The molecule has 24 valence electrons. The van der Waals surface area contributed by atoms with Crippen molar-refractivity contribution in [3.05, 3.63) is 0 Å². The van der Waals surface area contributed by atoms with Gasteiger partial charge in [0.25, 0.3) is 0 Å². The first-order valence-corrected chi connectivity index (χ1v) is 0. The minimum Gasteiger partial charge on any atom is 0.316 e. The smallest absolute Gasteiger partial charge is 0.316 e. The predicted molar refractivity (Wildman–Crippen MR) is 31.6 cm³/mol. The van der Waals surface area contributed by atoms with Crippen molar-refractivity contribution in [1.82, 2.24) is 0 Å². The molecule has 0 bridgehead atoms. The van der Waals surface area contributed by atoms with Crippen molar-refractivity contribution in [2.75, 3.05) is 0 Å². The van der Waals surface area contributed by atoms with Gasteiger partial charge in [0.15, 0.2) is 0 Å². The van der Waals surface area contributed by atoms with Crippen molar-refractivity contribution < 1.29 is 0 Å². The minimum atomic E-state index is 0. The van der Waals surface area contributed by atoms with Crippen molar-refractivity contribution in [3.63, 3.8) is 0 Å². The Hall–Kier alpha value is 2.92. The van der Waals surface area contributed by atoms with Gasteiger partial charge >= 0.3 is 71.9 Å². The Morgan fingerprint density at radius 2 is 0.750 bits per heavy atom. The fraction of sp³-hybridized carbons (Fsp3) is 0. The molecular formula is H6BaCl2Mg. The molecule has 0 heterocycles. The molecule has 0 unspecified atom stereocenters. The molecule has 0 nitrogen and oxygen atoms in total. The molecule has 0 atom stereocenters. The monoisotopic (exact) mass is 238 g/mol. The second-order valence-corrected chi connectivity index (χ2v) is 0. The largest absolute Gasteiger partial charge is 0.316 e. The van der Waals surface area contributed by atoms with Crippen molar-refractivity contribution in [2.24, 2.45) is 0 Å². The first-order valence-electron chi connectivity index (χ1n) is 0. The molecule has 0 aliphatic carbocycles. The van der Waals surface area contributed by atoms with E-state index in [4.69, 9.17) is 0 Å². The Labute approximate surface area is 94.5 Å². The standard InChI is InChI=1S/Ba.2ClH.Mg.4H/h;2*1H;;;;;. The quantitative estimate of drug-likeness (QED) is 0.476. The zero-order valence-electron chi connectivity index (χ0n) is 0.816. The van der Waals surface area contributed by atoms with Gasteiger partial charge in [-0.2, -0.15) is 0 Å². The topological polar surface area (TPSA) is 0 Å². The fourth-order valence-corrected chi connectivity index (χ4v) is 0. The molecule has 0 amide bonds. The van der Waals surface area contributed by atoms with Crippen molar-refractivity contribution in [1.29, 1.82) is 0 Å². The molecule has 0 radical (unpaired) electrons. The molecule has 0 aromatic carbocycles. The number of hydrogen-bond donors (Lipinski definition) is 0. The maximum Gasteiger partial charge on any atom is 0.316 e. The maximum atomic E-state index is 0. The van der Waals surface area contributed by atoms with Gasteiger partial charge < -0.3 is 0 Å². The Balaban J connectivity index is 0. The molecule has 0 saturated carbocycles. The normalized spacial score (nSPS) is 0. The van der Waals surface area contributed by atoms with Crippen molar-refractivity contribution in [2.45, 2.75) is 0 Å². The van der Waals surface area contributed by atoms with Gasteiger partial charge in [-0.1, -0.05) is 0 Å². The second kappa shape index (κ2) is 16.8. The number of rotatable bonds is 0. The Bertz CT molecular complexity index is 6.00. The SMILES string of the molecule is Cl.Cl.[BaH2].[MgH2]. The molecule has 0 aliphatic heterocycles. The van der Waals surface area contributed by atoms with Crippen molar-refractivity contribution >= 4 is 96.7 Å². The van der Waals surface area contributed by atoms with E-state index in [1.54, 1.807) is 0 Å². The summed E-state index contributed by atoms with van der Waals surface area (Å²) in [5.74, 6) is 0. The molecule has 4 heteroatoms. The van der Waals surface area contributed by atoms with Crippen LogP contribution in [0, 0.1) is 0 Å². The first-order chi connectivity index (χ1) is 0. The van der Waals surface area contributed by atoms with Gasteiger partial charge in [-0.05, 0) is 0 Å². The van der Waals surface area contributed by atoms with E-state index in [1.807, 2.05) is 0 Å². The summed E-state index contributed by atoms with van der Waals surface area (Å²) in [7, 11) is 0. The molecule has 0 rings (SSSR count). The van der Waals surface area contributed by atoms with Crippen LogP contribution in [-0.4, -0.2) is 71.9 Å². The molecule has 0 aromatic rings. The van der Waals surface area contributed by atoms with E-state index in [2.05, 4.69) is 0 Å². The summed E-state index contributed by atoms with van der Waals surface area (Å²) in [6, 6.07) is 0. The van der Waals surface area contributed by atoms with Crippen LogP contribution < -0.4 is 0 Å². The summed E-state index contributed by atoms with van der Waals surface area (Å²) in [5.41, 5.74) is 0. The van der Waals surface area contributed by atoms with E-state index >= 15 is 0 Å². The summed E-state index contributed by atoms with van der Waals surface area (Å²) in [5, 5.41) is 0. The van der Waals surface area contributed by atoms with Crippen LogP contribution in [0.5, 0.6) is 0 Å². The van der Waals surface area contributed by atoms with Crippen LogP contribution in [0.15, 0.2) is 0 Å². The Kier molecular flexibility index (Phi) is 120. The number of halogens is 2. The summed E-state index contributed by atoms with van der Waals surface area (Å²) < 4.78 is 0. The summed E-state index contributed by atoms with van der Waals surface area (Å²) in [6.07, 6.45) is 0. The zero-order valence-corrected chi connectivity index (χ0v) is 2.45. The molecule has 0 N–H and O–H groups in total. The molecular weight excluding hydrogens is 233 g/mol. The van der Waals surface area contributed by atoms with Crippen LogP contribution in [0.3, 0.4) is 0 Å². The molecule has 4 heavy (non-hydrogen) atoms. The van der Waals surface area contributed by atoms with E-state index in [9.17, 15) is 0 Å². The third-order valence-corrected chi connectivity index (χ3v) is 0. The Morgan fingerprint density at radius 3 is 0.750 bits per heavy atom. The molecule has 0 spiro atoms. The van der Waals surface area contributed by atoms with Crippen molar-refractivity contribution in [3.8, 4) is 0 Å². The van der Waals surface area contributed by atoms with Gasteiger partial charge in [-0.15, -0.1) is 24.8 Å². The van der Waals surface area contributed by atoms with E-state index in [-0.39, 0.29) is 96.7 Å². The average molecular weight is 239 g/mol. The minimum absolute atomic E-state index is 0. The first kappa shape index (κ1) is 28.5. The van der Waals surface area contributed by atoms with E-state index in [0.29, 0.717) is 0 Å². The summed E-state index contributed by atoms with van der Waals surface area (Å²) in [6.45, 7) is 0. The predicted octanol–water partition coefficient (Wildman–Crippen LogP) is -0.989. The van der Waals surface area contributed by atoms with Gasteiger partial charge in [-0.25, -0.2) is 0 Å². The van der Waals surface area contributed by atoms with E-state index < -0.39 is 0 Å². The van der Waals surface area contributed by atoms with Crippen LogP contribution >= 0.6 is 24.8 Å². The summed E-state index contributed by atoms with van der Waals surface area (Å²) >= 11 is 0. The third-order valence-electron chi connectivity index (χ3n) is 0. The van der Waals surface area contributed by atoms with Crippen LogP contribution in [0.2, 0.25) is 0 Å². The van der Waals surface area contributed by atoms with Gasteiger partial charge in [0.05, 0.1) is 0 Å². The van der Waals surface area contributed by atoms with Crippen LogP contribution in [0.25, 0.3) is 0 Å². The maximum absolute atomic E-state index is 0. The molecule has 0 saturated heterocycles. The van der Waals surface area contributed by atoms with Crippen LogP contribution in [0.4, 0.5) is 0 Å². The van der Waals surface area contributed by atoms with Crippen LogP contribution in [-0.2, 0) is 0 Å². The van der Waals surface area contributed by atoms with Crippen LogP contribution in [0.1, 0.15) is 0 Å². The number of hydrogen-bond acceptors (Lipinski definition) is 0.